The number of hydrogen-bond donors (Lipinski definition) is 1. The van der Waals surface area contributed by atoms with Crippen molar-refractivity contribution in [2.75, 3.05) is 25.0 Å². The number of aromatic nitrogens is 2. The van der Waals surface area contributed by atoms with Crippen molar-refractivity contribution in [2.45, 2.75) is 40.0 Å². The summed E-state index contributed by atoms with van der Waals surface area (Å²) in [5.74, 6) is 2.12. The summed E-state index contributed by atoms with van der Waals surface area (Å²) in [6.45, 7) is 9.15. The minimum Gasteiger partial charge on any atom is -0.370 e. The summed E-state index contributed by atoms with van der Waals surface area (Å²) >= 11 is 0. The van der Waals surface area contributed by atoms with E-state index in [1.54, 1.807) is 6.07 Å². The molecule has 5 heteroatoms. The first kappa shape index (κ1) is 15.7. The van der Waals surface area contributed by atoms with E-state index >= 15 is 0 Å². The molecule has 116 valence electrons. The lowest BCUT2D eigenvalue weighted by Crippen LogP contribution is -2.38. The fourth-order valence-electron chi connectivity index (χ4n) is 2.43. The molecule has 1 saturated heterocycles. The standard InChI is InChI=1S/C16H26N4O/c1-12(2)4-7-17-15-10-14(18-11-19-15)16(21)20-8-5-13(3)6-9-20/h10-13H,4-9H2,1-3H3,(H,17,18,19). The van der Waals surface area contributed by atoms with Crippen LogP contribution in [0.5, 0.6) is 0 Å². The Balaban J connectivity index is 1.94. The molecule has 0 radical (unpaired) electrons. The van der Waals surface area contributed by atoms with Crippen molar-refractivity contribution in [3.05, 3.63) is 18.1 Å². The van der Waals surface area contributed by atoms with E-state index in [2.05, 4.69) is 36.1 Å². The van der Waals surface area contributed by atoms with E-state index in [-0.39, 0.29) is 5.91 Å². The molecule has 1 aromatic heterocycles. The topological polar surface area (TPSA) is 58.1 Å². The molecule has 0 atom stereocenters. The molecule has 0 unspecified atom stereocenters. The van der Waals surface area contributed by atoms with Crippen molar-refractivity contribution < 1.29 is 4.79 Å². The van der Waals surface area contributed by atoms with Crippen molar-refractivity contribution >= 4 is 11.7 Å². The third kappa shape index (κ3) is 4.69. The number of anilines is 1. The Morgan fingerprint density at radius 2 is 2.10 bits per heavy atom. The van der Waals surface area contributed by atoms with Crippen LogP contribution >= 0.6 is 0 Å². The molecular weight excluding hydrogens is 264 g/mol. The van der Waals surface area contributed by atoms with Crippen LogP contribution in [0.15, 0.2) is 12.4 Å². The van der Waals surface area contributed by atoms with Crippen LogP contribution in [0.1, 0.15) is 50.5 Å². The first-order chi connectivity index (χ1) is 10.1. The van der Waals surface area contributed by atoms with E-state index in [1.165, 1.54) is 6.33 Å². The van der Waals surface area contributed by atoms with E-state index in [4.69, 9.17) is 0 Å². The SMILES string of the molecule is CC(C)CCNc1cc(C(=O)N2CCC(C)CC2)ncn1. The lowest BCUT2D eigenvalue weighted by Gasteiger charge is -2.30. The number of hydrogen-bond acceptors (Lipinski definition) is 4. The lowest BCUT2D eigenvalue weighted by atomic mass is 9.99. The summed E-state index contributed by atoms with van der Waals surface area (Å²) in [6, 6.07) is 1.76. The molecule has 0 aliphatic carbocycles. The summed E-state index contributed by atoms with van der Waals surface area (Å²) < 4.78 is 0. The van der Waals surface area contributed by atoms with Gasteiger partial charge in [0, 0.05) is 25.7 Å². The third-order valence-electron chi connectivity index (χ3n) is 3.98. The Labute approximate surface area is 127 Å². The predicted octanol–water partition coefficient (Wildman–Crippen LogP) is 2.81. The largest absolute Gasteiger partial charge is 0.370 e. The van der Waals surface area contributed by atoms with Crippen LogP contribution in [0, 0.1) is 11.8 Å². The molecule has 2 heterocycles. The zero-order valence-corrected chi connectivity index (χ0v) is 13.3. The van der Waals surface area contributed by atoms with Crippen LogP contribution in [0.2, 0.25) is 0 Å². The van der Waals surface area contributed by atoms with Gasteiger partial charge in [0.2, 0.25) is 0 Å². The van der Waals surface area contributed by atoms with Crippen molar-refractivity contribution in [3.63, 3.8) is 0 Å². The van der Waals surface area contributed by atoms with Gasteiger partial charge in [0.05, 0.1) is 0 Å². The monoisotopic (exact) mass is 290 g/mol. The summed E-state index contributed by atoms with van der Waals surface area (Å²) in [5, 5.41) is 3.26. The normalized spacial score (nSPS) is 16.3. The van der Waals surface area contributed by atoms with Gasteiger partial charge in [-0.2, -0.15) is 0 Å². The maximum atomic E-state index is 12.4. The second kappa shape index (κ2) is 7.38. The minimum absolute atomic E-state index is 0.0243. The van der Waals surface area contributed by atoms with Crippen LogP contribution in [-0.4, -0.2) is 40.4 Å². The van der Waals surface area contributed by atoms with Crippen molar-refractivity contribution in [1.82, 2.24) is 14.9 Å². The van der Waals surface area contributed by atoms with Crippen molar-refractivity contribution in [3.8, 4) is 0 Å². The molecule has 0 bridgehead atoms. The maximum absolute atomic E-state index is 12.4. The van der Waals surface area contributed by atoms with Gasteiger partial charge >= 0.3 is 0 Å². The van der Waals surface area contributed by atoms with Gasteiger partial charge in [-0.1, -0.05) is 20.8 Å². The van der Waals surface area contributed by atoms with Crippen LogP contribution in [0.4, 0.5) is 5.82 Å². The number of amides is 1. The summed E-state index contributed by atoms with van der Waals surface area (Å²) in [6.07, 6.45) is 4.71. The molecule has 1 fully saturated rings. The van der Waals surface area contributed by atoms with Crippen LogP contribution < -0.4 is 5.32 Å². The molecule has 21 heavy (non-hydrogen) atoms. The third-order valence-corrected chi connectivity index (χ3v) is 3.98. The molecule has 0 spiro atoms. The highest BCUT2D eigenvalue weighted by atomic mass is 16.2. The molecule has 0 aromatic carbocycles. The number of likely N-dealkylation sites (tertiary alicyclic amines) is 1. The van der Waals surface area contributed by atoms with Gasteiger partial charge in [-0.15, -0.1) is 0 Å². The van der Waals surface area contributed by atoms with Crippen LogP contribution in [-0.2, 0) is 0 Å². The van der Waals surface area contributed by atoms with Crippen LogP contribution in [0.3, 0.4) is 0 Å². The van der Waals surface area contributed by atoms with Gasteiger partial charge in [-0.05, 0) is 31.1 Å². The first-order valence-corrected chi connectivity index (χ1v) is 7.91. The maximum Gasteiger partial charge on any atom is 0.272 e. The molecule has 1 aromatic rings. The Kier molecular flexibility index (Phi) is 5.53. The fourth-order valence-corrected chi connectivity index (χ4v) is 2.43. The first-order valence-electron chi connectivity index (χ1n) is 7.91. The Bertz CT molecular complexity index is 467. The van der Waals surface area contributed by atoms with Gasteiger partial charge in [0.25, 0.3) is 5.91 Å². The molecule has 0 saturated carbocycles. The molecular formula is C16H26N4O. The molecule has 5 nitrogen and oxygen atoms in total. The highest BCUT2D eigenvalue weighted by molar-refractivity contribution is 5.92. The predicted molar refractivity (Wildman–Crippen MR) is 84.3 cm³/mol. The average molecular weight is 290 g/mol. The van der Waals surface area contributed by atoms with E-state index in [0.29, 0.717) is 17.5 Å². The zero-order chi connectivity index (χ0) is 15.2. The smallest absolute Gasteiger partial charge is 0.272 e. The average Bonchev–Trinajstić information content (AvgIpc) is 2.47. The number of piperidine rings is 1. The number of rotatable bonds is 5. The number of carbonyl (C=O) groups is 1. The van der Waals surface area contributed by atoms with E-state index in [1.807, 2.05) is 4.90 Å². The number of carbonyl (C=O) groups excluding carboxylic acids is 1. The van der Waals surface area contributed by atoms with Gasteiger partial charge in [-0.25, -0.2) is 9.97 Å². The van der Waals surface area contributed by atoms with E-state index < -0.39 is 0 Å². The van der Waals surface area contributed by atoms with E-state index in [9.17, 15) is 4.79 Å². The number of nitrogens with one attached hydrogen (secondary N) is 1. The van der Waals surface area contributed by atoms with Crippen LogP contribution in [0.25, 0.3) is 0 Å². The number of nitrogens with zero attached hydrogens (tertiary/aromatic N) is 3. The molecule has 2 rings (SSSR count). The highest BCUT2D eigenvalue weighted by Gasteiger charge is 2.22. The molecule has 1 amide bonds. The quantitative estimate of drug-likeness (QED) is 0.906. The Morgan fingerprint density at radius 1 is 1.38 bits per heavy atom. The van der Waals surface area contributed by atoms with Gasteiger partial charge in [0.15, 0.2) is 0 Å². The van der Waals surface area contributed by atoms with E-state index in [0.717, 1.165) is 44.7 Å². The summed E-state index contributed by atoms with van der Waals surface area (Å²) in [4.78, 5) is 22.7. The Hall–Kier alpha value is -1.65. The lowest BCUT2D eigenvalue weighted by molar-refractivity contribution is 0.0691. The van der Waals surface area contributed by atoms with Gasteiger partial charge < -0.3 is 10.2 Å². The highest BCUT2D eigenvalue weighted by Crippen LogP contribution is 2.18. The summed E-state index contributed by atoms with van der Waals surface area (Å²) in [5.41, 5.74) is 0.492. The fraction of sp³-hybridized carbons (Fsp3) is 0.688. The zero-order valence-electron chi connectivity index (χ0n) is 13.3. The Morgan fingerprint density at radius 3 is 2.76 bits per heavy atom. The second-order valence-electron chi connectivity index (χ2n) is 6.37. The van der Waals surface area contributed by atoms with Crippen molar-refractivity contribution in [1.29, 1.82) is 0 Å². The second-order valence-corrected chi connectivity index (χ2v) is 6.37. The minimum atomic E-state index is 0.0243. The molecule has 1 N–H and O–H groups in total. The van der Waals surface area contributed by atoms with Gasteiger partial charge in [0.1, 0.15) is 17.8 Å². The van der Waals surface area contributed by atoms with Gasteiger partial charge in [-0.3, -0.25) is 4.79 Å². The molecule has 1 aliphatic heterocycles. The van der Waals surface area contributed by atoms with Crippen molar-refractivity contribution in [2.24, 2.45) is 11.8 Å². The summed E-state index contributed by atoms with van der Waals surface area (Å²) in [7, 11) is 0. The molecule has 1 aliphatic rings.